The first-order valence-corrected chi connectivity index (χ1v) is 7.72. The number of anilines is 1. The predicted octanol–water partition coefficient (Wildman–Crippen LogP) is 3.32. The Morgan fingerprint density at radius 3 is 2.75 bits per heavy atom. The Morgan fingerprint density at radius 2 is 1.96 bits per heavy atom. The Hall–Kier alpha value is -3.02. The van der Waals surface area contributed by atoms with Gasteiger partial charge in [0.1, 0.15) is 0 Å². The third kappa shape index (κ3) is 3.84. The zero-order chi connectivity index (χ0) is 16.9. The van der Waals surface area contributed by atoms with Crippen molar-refractivity contribution >= 4 is 11.6 Å². The number of carbonyl (C=O) groups is 1. The molecule has 0 saturated carbocycles. The van der Waals surface area contributed by atoms with E-state index in [1.807, 2.05) is 44.2 Å². The molecule has 6 heteroatoms. The second-order valence-corrected chi connectivity index (χ2v) is 5.61. The summed E-state index contributed by atoms with van der Waals surface area (Å²) in [6, 6.07) is 9.58. The molecule has 0 aliphatic rings. The van der Waals surface area contributed by atoms with Crippen LogP contribution >= 0.6 is 0 Å². The molecule has 24 heavy (non-hydrogen) atoms. The molecule has 3 rings (SSSR count). The van der Waals surface area contributed by atoms with E-state index in [0.717, 1.165) is 22.4 Å². The summed E-state index contributed by atoms with van der Waals surface area (Å²) in [5.74, 6) is 0.868. The third-order valence-electron chi connectivity index (χ3n) is 3.64. The van der Waals surface area contributed by atoms with Gasteiger partial charge in [0.05, 0.1) is 0 Å². The maximum absolute atomic E-state index is 12.1. The molecule has 0 fully saturated rings. The summed E-state index contributed by atoms with van der Waals surface area (Å²) in [6.45, 7) is 3.96. The molecule has 6 nitrogen and oxygen atoms in total. The van der Waals surface area contributed by atoms with Gasteiger partial charge in [0.25, 0.3) is 0 Å². The van der Waals surface area contributed by atoms with Crippen LogP contribution in [0.5, 0.6) is 0 Å². The van der Waals surface area contributed by atoms with E-state index >= 15 is 0 Å². The monoisotopic (exact) mass is 322 g/mol. The molecule has 1 aromatic carbocycles. The Labute approximate surface area is 139 Å². The number of hydrogen-bond acceptors (Lipinski definition) is 5. The molecule has 1 amide bonds. The maximum atomic E-state index is 12.1. The Morgan fingerprint density at radius 1 is 1.17 bits per heavy atom. The van der Waals surface area contributed by atoms with Gasteiger partial charge in [-0.1, -0.05) is 17.3 Å². The van der Waals surface area contributed by atoms with Crippen LogP contribution in [0.2, 0.25) is 0 Å². The van der Waals surface area contributed by atoms with Crippen LogP contribution in [0.25, 0.3) is 11.4 Å². The summed E-state index contributed by atoms with van der Waals surface area (Å²) in [7, 11) is 0. The van der Waals surface area contributed by atoms with Crippen LogP contribution in [0, 0.1) is 13.8 Å². The molecule has 0 atom stereocenters. The SMILES string of the molecule is Cc1ccc(C)c(NC(=O)CCc2nc(-c3ccncc3)no2)c1. The van der Waals surface area contributed by atoms with Gasteiger partial charge >= 0.3 is 0 Å². The van der Waals surface area contributed by atoms with Gasteiger partial charge in [-0.25, -0.2) is 0 Å². The fourth-order valence-corrected chi connectivity index (χ4v) is 2.28. The number of nitrogens with zero attached hydrogens (tertiary/aromatic N) is 3. The van der Waals surface area contributed by atoms with Crippen molar-refractivity contribution in [2.45, 2.75) is 26.7 Å². The van der Waals surface area contributed by atoms with Crippen LogP contribution in [0.3, 0.4) is 0 Å². The molecular weight excluding hydrogens is 304 g/mol. The van der Waals surface area contributed by atoms with Gasteiger partial charge < -0.3 is 9.84 Å². The highest BCUT2D eigenvalue weighted by molar-refractivity contribution is 5.91. The number of hydrogen-bond donors (Lipinski definition) is 1. The largest absolute Gasteiger partial charge is 0.339 e. The van der Waals surface area contributed by atoms with E-state index in [2.05, 4.69) is 20.4 Å². The maximum Gasteiger partial charge on any atom is 0.227 e. The molecule has 2 heterocycles. The zero-order valence-corrected chi connectivity index (χ0v) is 13.6. The summed E-state index contributed by atoms with van der Waals surface area (Å²) in [5, 5.41) is 6.85. The molecule has 0 radical (unpaired) electrons. The first-order chi connectivity index (χ1) is 11.6. The van der Waals surface area contributed by atoms with Gasteiger partial charge in [0.2, 0.25) is 17.6 Å². The fourth-order valence-electron chi connectivity index (χ4n) is 2.28. The van der Waals surface area contributed by atoms with E-state index in [4.69, 9.17) is 4.52 Å². The van der Waals surface area contributed by atoms with Crippen LogP contribution in [0.4, 0.5) is 5.69 Å². The fraction of sp³-hybridized carbons (Fsp3) is 0.222. The first-order valence-electron chi connectivity index (χ1n) is 7.72. The lowest BCUT2D eigenvalue weighted by molar-refractivity contribution is -0.116. The van der Waals surface area contributed by atoms with E-state index in [-0.39, 0.29) is 12.3 Å². The van der Waals surface area contributed by atoms with Crippen LogP contribution in [0.15, 0.2) is 47.2 Å². The summed E-state index contributed by atoms with van der Waals surface area (Å²) in [4.78, 5) is 20.4. The van der Waals surface area contributed by atoms with Crippen LogP contribution < -0.4 is 5.32 Å². The molecular formula is C18H18N4O2. The molecule has 0 unspecified atom stereocenters. The highest BCUT2D eigenvalue weighted by Gasteiger charge is 2.11. The van der Waals surface area contributed by atoms with Crippen LogP contribution in [0.1, 0.15) is 23.4 Å². The number of aryl methyl sites for hydroxylation is 3. The minimum Gasteiger partial charge on any atom is -0.339 e. The Kier molecular flexibility index (Phi) is 4.65. The van der Waals surface area contributed by atoms with Crippen molar-refractivity contribution in [2.75, 3.05) is 5.32 Å². The zero-order valence-electron chi connectivity index (χ0n) is 13.6. The highest BCUT2D eigenvalue weighted by Crippen LogP contribution is 2.17. The van der Waals surface area contributed by atoms with E-state index in [9.17, 15) is 4.79 Å². The van der Waals surface area contributed by atoms with Crippen LogP contribution in [-0.2, 0) is 11.2 Å². The summed E-state index contributed by atoms with van der Waals surface area (Å²) in [6.07, 6.45) is 4.02. The summed E-state index contributed by atoms with van der Waals surface area (Å²) >= 11 is 0. The van der Waals surface area contributed by atoms with E-state index < -0.39 is 0 Å². The quantitative estimate of drug-likeness (QED) is 0.779. The average molecular weight is 322 g/mol. The van der Waals surface area contributed by atoms with Crippen LogP contribution in [-0.4, -0.2) is 21.0 Å². The molecule has 0 spiro atoms. The lowest BCUT2D eigenvalue weighted by atomic mass is 10.1. The van der Waals surface area contributed by atoms with Crippen molar-refractivity contribution in [3.63, 3.8) is 0 Å². The molecule has 0 saturated heterocycles. The predicted molar refractivity (Wildman–Crippen MR) is 90.4 cm³/mol. The minimum atomic E-state index is -0.0765. The van der Waals surface area contributed by atoms with Crippen molar-refractivity contribution in [1.82, 2.24) is 15.1 Å². The Balaban J connectivity index is 1.59. The molecule has 0 aliphatic carbocycles. The average Bonchev–Trinajstić information content (AvgIpc) is 3.06. The second kappa shape index (κ2) is 7.04. The van der Waals surface area contributed by atoms with Gasteiger partial charge in [-0.3, -0.25) is 9.78 Å². The lowest BCUT2D eigenvalue weighted by Crippen LogP contribution is -2.13. The number of rotatable bonds is 5. The molecule has 0 aliphatic heterocycles. The minimum absolute atomic E-state index is 0.0765. The number of aromatic nitrogens is 3. The van der Waals surface area contributed by atoms with Gasteiger partial charge in [-0.2, -0.15) is 4.98 Å². The molecule has 0 bridgehead atoms. The van der Waals surface area contributed by atoms with Crippen molar-refractivity contribution in [2.24, 2.45) is 0 Å². The van der Waals surface area contributed by atoms with E-state index in [1.165, 1.54) is 0 Å². The normalized spacial score (nSPS) is 10.6. The number of nitrogens with one attached hydrogen (secondary N) is 1. The number of benzene rings is 1. The van der Waals surface area contributed by atoms with Gasteiger partial charge in [-0.15, -0.1) is 0 Å². The molecule has 1 N–H and O–H groups in total. The van der Waals surface area contributed by atoms with E-state index in [0.29, 0.717) is 18.1 Å². The second-order valence-electron chi connectivity index (χ2n) is 5.61. The van der Waals surface area contributed by atoms with Gasteiger partial charge in [0, 0.05) is 36.5 Å². The number of pyridine rings is 1. The van der Waals surface area contributed by atoms with Gasteiger partial charge in [-0.05, 0) is 43.2 Å². The standard InChI is InChI=1S/C18H18N4O2/c1-12-3-4-13(2)15(11-12)20-16(23)5-6-17-21-18(22-24-17)14-7-9-19-10-8-14/h3-4,7-11H,5-6H2,1-2H3,(H,20,23). The van der Waals surface area contributed by atoms with Crippen molar-refractivity contribution in [1.29, 1.82) is 0 Å². The topological polar surface area (TPSA) is 80.9 Å². The first kappa shape index (κ1) is 15.9. The smallest absolute Gasteiger partial charge is 0.227 e. The summed E-state index contributed by atoms with van der Waals surface area (Å²) in [5.41, 5.74) is 3.81. The highest BCUT2D eigenvalue weighted by atomic mass is 16.5. The lowest BCUT2D eigenvalue weighted by Gasteiger charge is -2.08. The van der Waals surface area contributed by atoms with E-state index in [1.54, 1.807) is 12.4 Å². The molecule has 3 aromatic rings. The van der Waals surface area contributed by atoms with Crippen molar-refractivity contribution in [3.8, 4) is 11.4 Å². The number of amides is 1. The third-order valence-corrected chi connectivity index (χ3v) is 3.64. The Bertz CT molecular complexity index is 843. The number of carbonyl (C=O) groups excluding carboxylic acids is 1. The van der Waals surface area contributed by atoms with Crippen molar-refractivity contribution < 1.29 is 9.32 Å². The van der Waals surface area contributed by atoms with Gasteiger partial charge in [0.15, 0.2) is 0 Å². The molecule has 2 aromatic heterocycles. The molecule has 122 valence electrons. The summed E-state index contributed by atoms with van der Waals surface area (Å²) < 4.78 is 5.20. The van der Waals surface area contributed by atoms with Crippen molar-refractivity contribution in [3.05, 3.63) is 59.7 Å².